The molecule has 1 amide bonds. The quantitative estimate of drug-likeness (QED) is 0.492. The minimum atomic E-state index is -0.0398. The fourth-order valence-electron chi connectivity index (χ4n) is 3.38. The van der Waals surface area contributed by atoms with Gasteiger partial charge in [-0.3, -0.25) is 4.79 Å². The first-order chi connectivity index (χ1) is 14.5. The van der Waals surface area contributed by atoms with Gasteiger partial charge in [-0.25, -0.2) is 9.67 Å². The molecule has 5 nitrogen and oxygen atoms in total. The molecule has 0 radical (unpaired) electrons. The van der Waals surface area contributed by atoms with Gasteiger partial charge in [-0.05, 0) is 32.9 Å². The van der Waals surface area contributed by atoms with Gasteiger partial charge in [-0.2, -0.15) is 5.10 Å². The molecule has 4 aromatic rings. The van der Waals surface area contributed by atoms with Gasteiger partial charge in [0.05, 0.1) is 23.5 Å². The minimum Gasteiger partial charge on any atom is -0.352 e. The van der Waals surface area contributed by atoms with Crippen molar-refractivity contribution in [1.29, 1.82) is 0 Å². The van der Waals surface area contributed by atoms with Crippen molar-refractivity contribution in [2.24, 2.45) is 0 Å². The number of nitrogens with one attached hydrogen (secondary N) is 1. The number of hydrogen-bond donors (Lipinski definition) is 1. The standard InChI is InChI=1S/C24H24N4OS/c1-16-9-11-19(12-10-16)24-26-20(15-30-24)13-23(29)25-14-22-17(2)27-28(18(22)3)21-7-5-4-6-8-21/h4-12,15H,13-14H2,1-3H3,(H,25,29). The zero-order chi connectivity index (χ0) is 21.1. The predicted octanol–water partition coefficient (Wildman–Crippen LogP) is 4.78. The monoisotopic (exact) mass is 416 g/mol. The Hall–Kier alpha value is -3.25. The molecule has 0 bridgehead atoms. The van der Waals surface area contributed by atoms with Crippen LogP contribution >= 0.6 is 11.3 Å². The number of aryl methyl sites for hydroxylation is 2. The van der Waals surface area contributed by atoms with Crippen molar-refractivity contribution in [1.82, 2.24) is 20.1 Å². The summed E-state index contributed by atoms with van der Waals surface area (Å²) >= 11 is 1.57. The Morgan fingerprint density at radius 3 is 2.50 bits per heavy atom. The molecule has 30 heavy (non-hydrogen) atoms. The summed E-state index contributed by atoms with van der Waals surface area (Å²) in [6.45, 7) is 6.53. The van der Waals surface area contributed by atoms with Crippen LogP contribution in [0, 0.1) is 20.8 Å². The van der Waals surface area contributed by atoms with E-state index in [9.17, 15) is 4.79 Å². The van der Waals surface area contributed by atoms with Crippen molar-refractivity contribution >= 4 is 17.2 Å². The zero-order valence-corrected chi connectivity index (χ0v) is 18.2. The van der Waals surface area contributed by atoms with E-state index in [2.05, 4.69) is 46.6 Å². The molecule has 0 saturated carbocycles. The summed E-state index contributed by atoms with van der Waals surface area (Å²) in [5, 5.41) is 10.6. The first kappa shape index (κ1) is 20.0. The summed E-state index contributed by atoms with van der Waals surface area (Å²) in [4.78, 5) is 17.1. The van der Waals surface area contributed by atoms with Gasteiger partial charge in [0, 0.05) is 28.7 Å². The smallest absolute Gasteiger partial charge is 0.226 e. The molecule has 0 saturated heterocycles. The zero-order valence-electron chi connectivity index (χ0n) is 17.3. The van der Waals surface area contributed by atoms with Gasteiger partial charge in [0.1, 0.15) is 5.01 Å². The van der Waals surface area contributed by atoms with Gasteiger partial charge in [-0.15, -0.1) is 11.3 Å². The lowest BCUT2D eigenvalue weighted by atomic mass is 10.1. The molecule has 2 aromatic carbocycles. The van der Waals surface area contributed by atoms with Gasteiger partial charge in [0.25, 0.3) is 0 Å². The van der Waals surface area contributed by atoms with Gasteiger partial charge < -0.3 is 5.32 Å². The Balaban J connectivity index is 1.40. The van der Waals surface area contributed by atoms with Crippen molar-refractivity contribution < 1.29 is 4.79 Å². The third kappa shape index (κ3) is 4.33. The second-order valence-electron chi connectivity index (χ2n) is 7.36. The fraction of sp³-hybridized carbons (Fsp3) is 0.208. The first-order valence-electron chi connectivity index (χ1n) is 9.90. The Morgan fingerprint density at radius 2 is 1.77 bits per heavy atom. The number of para-hydroxylation sites is 1. The molecule has 1 N–H and O–H groups in total. The topological polar surface area (TPSA) is 59.8 Å². The molecule has 0 aliphatic heterocycles. The van der Waals surface area contributed by atoms with E-state index in [0.717, 1.165) is 38.9 Å². The summed E-state index contributed by atoms with van der Waals surface area (Å²) in [5.74, 6) is -0.0398. The highest BCUT2D eigenvalue weighted by atomic mass is 32.1. The van der Waals surface area contributed by atoms with Crippen LogP contribution < -0.4 is 5.32 Å². The fourth-order valence-corrected chi connectivity index (χ4v) is 4.21. The van der Waals surface area contributed by atoms with Gasteiger partial charge in [-0.1, -0.05) is 48.0 Å². The second kappa shape index (κ2) is 8.63. The van der Waals surface area contributed by atoms with Gasteiger partial charge in [0.15, 0.2) is 0 Å². The van der Waals surface area contributed by atoms with Crippen LogP contribution in [-0.2, 0) is 17.8 Å². The molecule has 0 aliphatic rings. The highest BCUT2D eigenvalue weighted by molar-refractivity contribution is 7.13. The molecule has 6 heteroatoms. The van der Waals surface area contributed by atoms with Crippen LogP contribution in [0.15, 0.2) is 60.0 Å². The number of amides is 1. The van der Waals surface area contributed by atoms with Crippen LogP contribution in [0.25, 0.3) is 16.3 Å². The Morgan fingerprint density at radius 1 is 1.03 bits per heavy atom. The maximum atomic E-state index is 12.5. The molecule has 0 aliphatic carbocycles. The van der Waals surface area contributed by atoms with Crippen LogP contribution in [0.5, 0.6) is 0 Å². The van der Waals surface area contributed by atoms with Crippen molar-refractivity contribution in [2.45, 2.75) is 33.7 Å². The third-order valence-electron chi connectivity index (χ3n) is 5.10. The number of nitrogens with zero attached hydrogens (tertiary/aromatic N) is 3. The summed E-state index contributed by atoms with van der Waals surface area (Å²) in [5.41, 5.74) is 7.11. The van der Waals surface area contributed by atoms with E-state index in [-0.39, 0.29) is 12.3 Å². The van der Waals surface area contributed by atoms with Crippen LogP contribution in [0.3, 0.4) is 0 Å². The lowest BCUT2D eigenvalue weighted by Crippen LogP contribution is -2.25. The van der Waals surface area contributed by atoms with Crippen LogP contribution in [0.1, 0.15) is 28.2 Å². The van der Waals surface area contributed by atoms with Crippen molar-refractivity contribution in [3.05, 3.63) is 88.2 Å². The Kier molecular flexibility index (Phi) is 5.77. The lowest BCUT2D eigenvalue weighted by molar-refractivity contribution is -0.120. The van der Waals surface area contributed by atoms with Crippen LogP contribution in [0.4, 0.5) is 0 Å². The lowest BCUT2D eigenvalue weighted by Gasteiger charge is -2.07. The number of aromatic nitrogens is 3. The van der Waals surface area contributed by atoms with E-state index in [1.807, 2.05) is 54.2 Å². The molecule has 4 rings (SSSR count). The minimum absolute atomic E-state index is 0.0398. The summed E-state index contributed by atoms with van der Waals surface area (Å²) in [6, 6.07) is 18.3. The van der Waals surface area contributed by atoms with E-state index < -0.39 is 0 Å². The van der Waals surface area contributed by atoms with E-state index in [1.54, 1.807) is 11.3 Å². The second-order valence-corrected chi connectivity index (χ2v) is 8.22. The predicted molar refractivity (Wildman–Crippen MR) is 121 cm³/mol. The van der Waals surface area contributed by atoms with E-state index in [4.69, 9.17) is 0 Å². The number of hydrogen-bond acceptors (Lipinski definition) is 4. The third-order valence-corrected chi connectivity index (χ3v) is 6.04. The van der Waals surface area contributed by atoms with Crippen molar-refractivity contribution in [2.75, 3.05) is 0 Å². The summed E-state index contributed by atoms with van der Waals surface area (Å²) in [6.07, 6.45) is 0.271. The van der Waals surface area contributed by atoms with E-state index in [1.165, 1.54) is 5.56 Å². The number of carbonyl (C=O) groups is 1. The average molecular weight is 417 g/mol. The van der Waals surface area contributed by atoms with Crippen LogP contribution in [-0.4, -0.2) is 20.7 Å². The number of rotatable bonds is 6. The summed E-state index contributed by atoms with van der Waals surface area (Å²) in [7, 11) is 0. The Labute approximate surface area is 180 Å². The maximum Gasteiger partial charge on any atom is 0.226 e. The number of carbonyl (C=O) groups excluding carboxylic acids is 1. The molecule has 0 fully saturated rings. The molecule has 152 valence electrons. The highest BCUT2D eigenvalue weighted by Gasteiger charge is 2.14. The van der Waals surface area contributed by atoms with Crippen LogP contribution in [0.2, 0.25) is 0 Å². The molecule has 0 unspecified atom stereocenters. The van der Waals surface area contributed by atoms with E-state index in [0.29, 0.717) is 6.54 Å². The SMILES string of the molecule is Cc1ccc(-c2nc(CC(=O)NCc3c(C)nn(-c4ccccc4)c3C)cs2)cc1. The molecule has 2 heterocycles. The highest BCUT2D eigenvalue weighted by Crippen LogP contribution is 2.24. The molecular formula is C24H24N4OS. The Bertz CT molecular complexity index is 1160. The first-order valence-corrected chi connectivity index (χ1v) is 10.8. The summed E-state index contributed by atoms with van der Waals surface area (Å²) < 4.78 is 1.92. The van der Waals surface area contributed by atoms with Gasteiger partial charge >= 0.3 is 0 Å². The molecule has 0 atom stereocenters. The maximum absolute atomic E-state index is 12.5. The number of thiazole rings is 1. The molecule has 0 spiro atoms. The normalized spacial score (nSPS) is 10.9. The largest absolute Gasteiger partial charge is 0.352 e. The molecular weight excluding hydrogens is 392 g/mol. The van der Waals surface area contributed by atoms with Gasteiger partial charge in [0.2, 0.25) is 5.91 Å². The molecule has 2 aromatic heterocycles. The average Bonchev–Trinajstić information content (AvgIpc) is 3.32. The van der Waals surface area contributed by atoms with Crippen molar-refractivity contribution in [3.8, 4) is 16.3 Å². The number of benzene rings is 2. The van der Waals surface area contributed by atoms with E-state index >= 15 is 0 Å². The van der Waals surface area contributed by atoms with Crippen molar-refractivity contribution in [3.63, 3.8) is 0 Å².